The average molecular weight is 308 g/mol. The summed E-state index contributed by atoms with van der Waals surface area (Å²) in [6, 6.07) is 7.89. The summed E-state index contributed by atoms with van der Waals surface area (Å²) in [5, 5.41) is 3.29. The first-order valence-corrected chi connectivity index (χ1v) is 9.06. The lowest BCUT2D eigenvalue weighted by Crippen LogP contribution is -2.39. The Kier molecular flexibility index (Phi) is 3.86. The van der Waals surface area contributed by atoms with Gasteiger partial charge < -0.3 is 10.3 Å². The van der Waals surface area contributed by atoms with Crippen LogP contribution in [0.3, 0.4) is 0 Å². The van der Waals surface area contributed by atoms with Gasteiger partial charge in [-0.15, -0.1) is 0 Å². The highest BCUT2D eigenvalue weighted by Gasteiger charge is 2.29. The van der Waals surface area contributed by atoms with Crippen LogP contribution in [-0.4, -0.2) is 37.2 Å². The fraction of sp³-hybridized carbons (Fsp3) is 0.500. The molecule has 0 radical (unpaired) electrons. The molecule has 1 aromatic carbocycles. The number of benzene rings is 1. The number of nitrogens with zero attached hydrogens (tertiary/aromatic N) is 1. The Bertz CT molecular complexity index is 692. The summed E-state index contributed by atoms with van der Waals surface area (Å²) >= 11 is 0. The van der Waals surface area contributed by atoms with E-state index in [9.17, 15) is 8.42 Å². The minimum absolute atomic E-state index is 0.0249. The van der Waals surface area contributed by atoms with E-state index in [2.05, 4.69) is 20.0 Å². The van der Waals surface area contributed by atoms with Crippen LogP contribution in [0.5, 0.6) is 0 Å². The first-order chi connectivity index (χ1) is 10.0. The fourth-order valence-corrected chi connectivity index (χ4v) is 3.84. The number of anilines is 1. The zero-order valence-electron chi connectivity index (χ0n) is 12.0. The van der Waals surface area contributed by atoms with E-state index in [-0.39, 0.29) is 6.04 Å². The Balaban J connectivity index is 1.63. The molecule has 0 aliphatic heterocycles. The van der Waals surface area contributed by atoms with Gasteiger partial charge >= 0.3 is 0 Å². The Labute approximate surface area is 124 Å². The van der Waals surface area contributed by atoms with Crippen LogP contribution >= 0.6 is 0 Å². The van der Waals surface area contributed by atoms with E-state index in [1.54, 1.807) is 0 Å². The molecule has 21 heavy (non-hydrogen) atoms. The second-order valence-corrected chi connectivity index (χ2v) is 7.45. The van der Waals surface area contributed by atoms with Gasteiger partial charge in [-0.25, -0.2) is 18.1 Å². The molecule has 0 spiro atoms. The monoisotopic (exact) mass is 308 g/mol. The van der Waals surface area contributed by atoms with Crippen LogP contribution in [0.4, 0.5) is 5.95 Å². The molecule has 1 aliphatic rings. The molecule has 114 valence electrons. The first kappa shape index (κ1) is 14.3. The average Bonchev–Trinajstić information content (AvgIpc) is 3.00. The molecule has 6 nitrogen and oxygen atoms in total. The zero-order chi connectivity index (χ0) is 14.9. The molecule has 7 heteroatoms. The van der Waals surface area contributed by atoms with Crippen LogP contribution in [0.25, 0.3) is 11.0 Å². The zero-order valence-corrected chi connectivity index (χ0v) is 12.8. The number of rotatable bonds is 5. The van der Waals surface area contributed by atoms with Gasteiger partial charge in [-0.1, -0.05) is 18.6 Å². The van der Waals surface area contributed by atoms with Crippen molar-refractivity contribution in [2.24, 2.45) is 5.92 Å². The van der Waals surface area contributed by atoms with Gasteiger partial charge in [-0.05, 0) is 30.9 Å². The number of aromatic amines is 1. The second-order valence-electron chi connectivity index (χ2n) is 5.67. The highest BCUT2D eigenvalue weighted by Crippen LogP contribution is 2.26. The lowest BCUT2D eigenvalue weighted by atomic mass is 10.1. The summed E-state index contributed by atoms with van der Waals surface area (Å²) in [4.78, 5) is 7.69. The molecule has 1 aromatic heterocycles. The van der Waals surface area contributed by atoms with Crippen molar-refractivity contribution in [3.05, 3.63) is 24.3 Å². The van der Waals surface area contributed by atoms with Crippen molar-refractivity contribution in [3.63, 3.8) is 0 Å². The predicted molar refractivity (Wildman–Crippen MR) is 83.7 cm³/mol. The number of aromatic nitrogens is 2. The smallest absolute Gasteiger partial charge is 0.208 e. The lowest BCUT2D eigenvalue weighted by molar-refractivity contribution is 0.463. The van der Waals surface area contributed by atoms with Crippen molar-refractivity contribution >= 4 is 27.0 Å². The molecule has 0 saturated heterocycles. The van der Waals surface area contributed by atoms with Crippen LogP contribution in [0.1, 0.15) is 19.3 Å². The largest absolute Gasteiger partial charge is 0.355 e. The molecular formula is C14H20N4O2S. The quantitative estimate of drug-likeness (QED) is 0.784. The number of sulfonamides is 1. The summed E-state index contributed by atoms with van der Waals surface area (Å²) in [5.74, 6) is 1.04. The molecule has 2 aromatic rings. The third kappa shape index (κ3) is 3.54. The van der Waals surface area contributed by atoms with E-state index in [0.29, 0.717) is 12.5 Å². The van der Waals surface area contributed by atoms with Gasteiger partial charge in [0, 0.05) is 12.6 Å². The third-order valence-electron chi connectivity index (χ3n) is 3.95. The van der Waals surface area contributed by atoms with Gasteiger partial charge in [0.15, 0.2) is 0 Å². The van der Waals surface area contributed by atoms with E-state index < -0.39 is 10.0 Å². The second kappa shape index (κ2) is 5.65. The standard InChI is InChI=1S/C14H20N4O2S/c1-21(19,20)18-11-8-4-5-10(11)9-15-14-16-12-6-2-3-7-13(12)17-14/h2-3,6-7,10-11,18H,4-5,8-9H2,1H3,(H2,15,16,17). The van der Waals surface area contributed by atoms with Gasteiger partial charge in [0.2, 0.25) is 16.0 Å². The highest BCUT2D eigenvalue weighted by molar-refractivity contribution is 7.88. The van der Waals surface area contributed by atoms with E-state index in [1.165, 1.54) is 6.26 Å². The molecule has 0 bridgehead atoms. The highest BCUT2D eigenvalue weighted by atomic mass is 32.2. The summed E-state index contributed by atoms with van der Waals surface area (Å²) in [5.41, 5.74) is 1.93. The number of fused-ring (bicyclic) bond motifs is 1. The van der Waals surface area contributed by atoms with E-state index >= 15 is 0 Å². The molecule has 1 heterocycles. The van der Waals surface area contributed by atoms with Crippen LogP contribution in [0.15, 0.2) is 24.3 Å². The van der Waals surface area contributed by atoms with Gasteiger partial charge in [0.1, 0.15) is 0 Å². The number of hydrogen-bond acceptors (Lipinski definition) is 4. The Morgan fingerprint density at radius 3 is 2.90 bits per heavy atom. The molecule has 1 aliphatic carbocycles. The Morgan fingerprint density at radius 2 is 2.14 bits per heavy atom. The van der Waals surface area contributed by atoms with Crippen molar-refractivity contribution in [1.82, 2.24) is 14.7 Å². The van der Waals surface area contributed by atoms with Crippen molar-refractivity contribution < 1.29 is 8.42 Å². The van der Waals surface area contributed by atoms with Crippen LogP contribution in [0, 0.1) is 5.92 Å². The van der Waals surface area contributed by atoms with Gasteiger partial charge in [0.25, 0.3) is 0 Å². The number of para-hydroxylation sites is 2. The van der Waals surface area contributed by atoms with E-state index in [0.717, 1.165) is 36.2 Å². The van der Waals surface area contributed by atoms with Gasteiger partial charge in [0.05, 0.1) is 17.3 Å². The first-order valence-electron chi connectivity index (χ1n) is 7.17. The summed E-state index contributed by atoms with van der Waals surface area (Å²) in [6.07, 6.45) is 4.20. The van der Waals surface area contributed by atoms with Crippen molar-refractivity contribution in [2.45, 2.75) is 25.3 Å². The molecule has 1 fully saturated rings. The topological polar surface area (TPSA) is 86.9 Å². The van der Waals surface area contributed by atoms with Gasteiger partial charge in [-0.3, -0.25) is 0 Å². The number of H-pyrrole nitrogens is 1. The van der Waals surface area contributed by atoms with Crippen molar-refractivity contribution in [3.8, 4) is 0 Å². The molecular weight excluding hydrogens is 288 g/mol. The SMILES string of the molecule is CS(=O)(=O)NC1CCCC1CNc1nc2ccccc2[nH]1. The maximum atomic E-state index is 11.4. The fourth-order valence-electron chi connectivity index (χ4n) is 2.98. The van der Waals surface area contributed by atoms with Crippen LogP contribution < -0.4 is 10.0 Å². The maximum Gasteiger partial charge on any atom is 0.208 e. The molecule has 3 rings (SSSR count). The maximum absolute atomic E-state index is 11.4. The van der Waals surface area contributed by atoms with Crippen LogP contribution in [-0.2, 0) is 10.0 Å². The van der Waals surface area contributed by atoms with Crippen molar-refractivity contribution in [1.29, 1.82) is 0 Å². The molecule has 0 amide bonds. The summed E-state index contributed by atoms with van der Waals surface area (Å²) in [6.45, 7) is 0.715. The Morgan fingerprint density at radius 1 is 1.33 bits per heavy atom. The van der Waals surface area contributed by atoms with Gasteiger partial charge in [-0.2, -0.15) is 0 Å². The third-order valence-corrected chi connectivity index (χ3v) is 4.68. The molecule has 2 atom stereocenters. The molecule has 2 unspecified atom stereocenters. The number of nitrogens with one attached hydrogen (secondary N) is 3. The Hall–Kier alpha value is -1.60. The molecule has 3 N–H and O–H groups in total. The van der Waals surface area contributed by atoms with E-state index in [1.807, 2.05) is 24.3 Å². The minimum Gasteiger partial charge on any atom is -0.355 e. The summed E-state index contributed by atoms with van der Waals surface area (Å²) < 4.78 is 25.5. The summed E-state index contributed by atoms with van der Waals surface area (Å²) in [7, 11) is -3.15. The van der Waals surface area contributed by atoms with E-state index in [4.69, 9.17) is 0 Å². The lowest BCUT2D eigenvalue weighted by Gasteiger charge is -2.20. The minimum atomic E-state index is -3.15. The molecule has 1 saturated carbocycles. The van der Waals surface area contributed by atoms with Crippen molar-refractivity contribution in [2.75, 3.05) is 18.1 Å². The number of hydrogen-bond donors (Lipinski definition) is 3. The van der Waals surface area contributed by atoms with Crippen LogP contribution in [0.2, 0.25) is 0 Å². The number of imidazole rings is 1. The predicted octanol–water partition coefficient (Wildman–Crippen LogP) is 1.69. The normalized spacial score (nSPS) is 22.7.